The predicted octanol–water partition coefficient (Wildman–Crippen LogP) is 7.94. The summed E-state index contributed by atoms with van der Waals surface area (Å²) >= 11 is 0. The fourth-order valence-corrected chi connectivity index (χ4v) is 10.1. The summed E-state index contributed by atoms with van der Waals surface area (Å²) in [6, 6.07) is 0. The van der Waals surface area contributed by atoms with Crippen molar-refractivity contribution in [2.75, 3.05) is 13.1 Å². The maximum Gasteiger partial charge on any atom is 0.307 e. The van der Waals surface area contributed by atoms with Gasteiger partial charge in [-0.05, 0) is 111 Å². The topological polar surface area (TPSA) is 58.6 Å². The summed E-state index contributed by atoms with van der Waals surface area (Å²) in [7, 11) is 0. The van der Waals surface area contributed by atoms with Gasteiger partial charge in [0.15, 0.2) is 0 Å². The molecule has 0 saturated heterocycles. The number of aliphatic hydroxyl groups excluding tert-OH is 1. The number of carbonyl (C=O) groups is 1. The van der Waals surface area contributed by atoms with E-state index in [9.17, 15) is 9.90 Å². The third-order valence-electron chi connectivity index (χ3n) is 12.5. The van der Waals surface area contributed by atoms with Gasteiger partial charge in [-0.1, -0.05) is 66.0 Å². The zero-order chi connectivity index (χ0) is 28.4. The number of aliphatic hydroxyl groups is 1. The third kappa shape index (κ3) is 6.63. The largest absolute Gasteiger partial charge is 0.462 e. The van der Waals surface area contributed by atoms with E-state index in [2.05, 4.69) is 52.9 Å². The molecule has 39 heavy (non-hydrogen) atoms. The highest BCUT2D eigenvalue weighted by atomic mass is 16.5. The lowest BCUT2D eigenvalue weighted by atomic mass is 9.47. The molecule has 4 aliphatic carbocycles. The van der Waals surface area contributed by atoms with Gasteiger partial charge >= 0.3 is 5.97 Å². The van der Waals surface area contributed by atoms with Crippen LogP contribution in [0.5, 0.6) is 0 Å². The van der Waals surface area contributed by atoms with Crippen LogP contribution < -0.4 is 5.32 Å². The molecule has 4 aliphatic rings. The van der Waals surface area contributed by atoms with Gasteiger partial charge in [0.1, 0.15) is 6.10 Å². The zero-order valence-corrected chi connectivity index (χ0v) is 26.4. The smallest absolute Gasteiger partial charge is 0.307 e. The Kier molecular flexibility index (Phi) is 10.3. The van der Waals surface area contributed by atoms with E-state index < -0.39 is 6.10 Å². The summed E-state index contributed by atoms with van der Waals surface area (Å²) < 4.78 is 5.93. The highest BCUT2D eigenvalue weighted by Gasteiger charge is 2.59. The zero-order valence-electron chi connectivity index (χ0n) is 26.4. The second-order valence-electron chi connectivity index (χ2n) is 15.1. The summed E-state index contributed by atoms with van der Waals surface area (Å²) in [6.45, 7) is 17.9. The third-order valence-corrected chi connectivity index (χ3v) is 12.5. The Morgan fingerprint density at radius 3 is 2.54 bits per heavy atom. The fraction of sp³-hybridized carbons (Fsp3) is 0.914. The van der Waals surface area contributed by atoms with Gasteiger partial charge in [-0.15, -0.1) is 0 Å². The summed E-state index contributed by atoms with van der Waals surface area (Å²) in [5, 5.41) is 12.5. The van der Waals surface area contributed by atoms with Crippen molar-refractivity contribution < 1.29 is 14.6 Å². The molecule has 0 bridgehead atoms. The number of esters is 1. The Hall–Kier alpha value is -0.870. The average Bonchev–Trinajstić information content (AvgIpc) is 3.24. The number of allylic oxidation sites excluding steroid dienone is 1. The fourth-order valence-electron chi connectivity index (χ4n) is 10.1. The van der Waals surface area contributed by atoms with E-state index in [0.29, 0.717) is 30.3 Å². The van der Waals surface area contributed by atoms with Crippen LogP contribution in [-0.4, -0.2) is 36.4 Å². The van der Waals surface area contributed by atoms with Crippen LogP contribution in [0.15, 0.2) is 11.6 Å². The lowest BCUT2D eigenvalue weighted by Crippen LogP contribution is -2.51. The van der Waals surface area contributed by atoms with Crippen LogP contribution >= 0.6 is 0 Å². The van der Waals surface area contributed by atoms with Gasteiger partial charge < -0.3 is 15.2 Å². The van der Waals surface area contributed by atoms with E-state index >= 15 is 0 Å². The SMILES string of the molecule is CC[C@H](CC[C@@H](C)C1CC[C@H]2[C@@H]3CC=C4C[C@@H](OC(=O)CCNCC(C)O)CC[C@]4(C)[C@H]3CC[C@]12C)C(C)C. The first-order chi connectivity index (χ1) is 18.5. The molecule has 4 nitrogen and oxygen atoms in total. The first kappa shape index (κ1) is 31.1. The van der Waals surface area contributed by atoms with E-state index in [-0.39, 0.29) is 12.1 Å². The van der Waals surface area contributed by atoms with E-state index in [1.54, 1.807) is 12.5 Å². The lowest BCUT2D eigenvalue weighted by molar-refractivity contribution is -0.151. The standard InChI is InChI=1S/C35H61NO3/c1-8-26(23(2)3)10-9-24(4)30-13-14-31-29-12-11-27-21-28(39-33(38)17-20-36-22-25(5)37)15-18-34(27,6)32(29)16-19-35(30,31)7/h11,23-26,28-32,36-37H,8-10,12-22H2,1-7H3/t24-,25?,26-,28+,29+,30?,31+,32+,34+,35-/m1/s1. The Morgan fingerprint density at radius 2 is 1.85 bits per heavy atom. The summed E-state index contributed by atoms with van der Waals surface area (Å²) in [4.78, 5) is 12.5. The minimum atomic E-state index is -0.390. The molecule has 0 aromatic heterocycles. The van der Waals surface area contributed by atoms with Crippen LogP contribution in [0.1, 0.15) is 126 Å². The van der Waals surface area contributed by atoms with Crippen LogP contribution in [-0.2, 0) is 9.53 Å². The first-order valence-electron chi connectivity index (χ1n) is 16.8. The van der Waals surface area contributed by atoms with Crippen LogP contribution in [0.2, 0.25) is 0 Å². The van der Waals surface area contributed by atoms with Gasteiger partial charge in [-0.2, -0.15) is 0 Å². The molecule has 3 saturated carbocycles. The van der Waals surface area contributed by atoms with Crippen molar-refractivity contribution in [1.29, 1.82) is 0 Å². The minimum Gasteiger partial charge on any atom is -0.462 e. The summed E-state index contributed by atoms with van der Waals surface area (Å²) in [5.74, 6) is 5.87. The number of nitrogens with one attached hydrogen (secondary N) is 1. The molecule has 0 amide bonds. The van der Waals surface area contributed by atoms with Crippen molar-refractivity contribution in [3.05, 3.63) is 11.6 Å². The second kappa shape index (κ2) is 13.0. The quantitative estimate of drug-likeness (QED) is 0.149. The molecular weight excluding hydrogens is 482 g/mol. The van der Waals surface area contributed by atoms with Gasteiger partial charge in [0, 0.05) is 19.5 Å². The van der Waals surface area contributed by atoms with E-state index in [0.717, 1.165) is 60.7 Å². The van der Waals surface area contributed by atoms with Crippen molar-refractivity contribution in [3.63, 3.8) is 0 Å². The monoisotopic (exact) mass is 543 g/mol. The highest BCUT2D eigenvalue weighted by molar-refractivity contribution is 5.69. The molecule has 0 aliphatic heterocycles. The predicted molar refractivity (Wildman–Crippen MR) is 161 cm³/mol. The molecule has 4 heteroatoms. The van der Waals surface area contributed by atoms with Gasteiger partial charge in [-0.25, -0.2) is 0 Å². The van der Waals surface area contributed by atoms with Crippen LogP contribution in [0.4, 0.5) is 0 Å². The van der Waals surface area contributed by atoms with Crippen LogP contribution in [0, 0.1) is 52.3 Å². The highest BCUT2D eigenvalue weighted by Crippen LogP contribution is 2.67. The number of hydrogen-bond donors (Lipinski definition) is 2. The van der Waals surface area contributed by atoms with Gasteiger partial charge in [0.25, 0.3) is 0 Å². The average molecular weight is 544 g/mol. The Morgan fingerprint density at radius 1 is 1.08 bits per heavy atom. The molecule has 0 aromatic rings. The molecule has 0 spiro atoms. The Labute approximate surface area is 240 Å². The summed E-state index contributed by atoms with van der Waals surface area (Å²) in [6.07, 6.45) is 16.8. The normalized spacial score (nSPS) is 38.3. The van der Waals surface area contributed by atoms with Crippen LogP contribution in [0.3, 0.4) is 0 Å². The molecule has 2 unspecified atom stereocenters. The Balaban J connectivity index is 1.35. The number of carbonyl (C=O) groups excluding carboxylic acids is 1. The molecule has 0 aromatic carbocycles. The number of ether oxygens (including phenoxy) is 1. The number of rotatable bonds is 12. The van der Waals surface area contributed by atoms with Crippen molar-refractivity contribution in [2.24, 2.45) is 52.3 Å². The van der Waals surface area contributed by atoms with Crippen LogP contribution in [0.25, 0.3) is 0 Å². The van der Waals surface area contributed by atoms with Crippen molar-refractivity contribution >= 4 is 5.97 Å². The molecule has 3 fully saturated rings. The molecule has 0 radical (unpaired) electrons. The van der Waals surface area contributed by atoms with Gasteiger partial charge in [0.2, 0.25) is 0 Å². The van der Waals surface area contributed by atoms with E-state index in [1.165, 1.54) is 51.4 Å². The van der Waals surface area contributed by atoms with Crippen molar-refractivity contribution in [2.45, 2.75) is 138 Å². The minimum absolute atomic E-state index is 0.0356. The molecule has 224 valence electrons. The van der Waals surface area contributed by atoms with Crippen molar-refractivity contribution in [1.82, 2.24) is 5.32 Å². The van der Waals surface area contributed by atoms with Gasteiger partial charge in [-0.3, -0.25) is 4.79 Å². The summed E-state index contributed by atoms with van der Waals surface area (Å²) in [5.41, 5.74) is 2.41. The maximum atomic E-state index is 12.5. The molecule has 0 heterocycles. The molecule has 4 rings (SSSR count). The van der Waals surface area contributed by atoms with Gasteiger partial charge in [0.05, 0.1) is 12.5 Å². The molecule has 10 atom stereocenters. The van der Waals surface area contributed by atoms with E-state index in [4.69, 9.17) is 4.74 Å². The first-order valence-corrected chi connectivity index (χ1v) is 16.8. The molecule has 2 N–H and O–H groups in total. The number of hydrogen-bond acceptors (Lipinski definition) is 4. The van der Waals surface area contributed by atoms with Crippen molar-refractivity contribution in [3.8, 4) is 0 Å². The second-order valence-corrected chi connectivity index (χ2v) is 15.1. The maximum absolute atomic E-state index is 12.5. The number of fused-ring (bicyclic) bond motifs is 5. The van der Waals surface area contributed by atoms with E-state index in [1.807, 2.05) is 0 Å². The molecular formula is C35H61NO3. The lowest BCUT2D eigenvalue weighted by Gasteiger charge is -2.58. The Bertz CT molecular complexity index is 851.